The predicted molar refractivity (Wildman–Crippen MR) is 167 cm³/mol. The molecule has 0 spiro atoms. The van der Waals surface area contributed by atoms with Gasteiger partial charge in [-0.1, -0.05) is 62.2 Å². The summed E-state index contributed by atoms with van der Waals surface area (Å²) in [6.45, 7) is 1.60. The van der Waals surface area contributed by atoms with Gasteiger partial charge in [-0.2, -0.15) is 0 Å². The van der Waals surface area contributed by atoms with Gasteiger partial charge in [0.25, 0.3) is 10.0 Å². The zero-order valence-electron chi connectivity index (χ0n) is 25.1. The number of carbonyl (C=O) groups excluding carboxylic acids is 2. The molecule has 0 radical (unpaired) electrons. The lowest BCUT2D eigenvalue weighted by atomic mass is 10.1. The fourth-order valence-corrected chi connectivity index (χ4v) is 6.91. The Morgan fingerprint density at radius 2 is 1.56 bits per heavy atom. The number of amides is 2. The second kappa shape index (κ2) is 14.9. The van der Waals surface area contributed by atoms with Crippen molar-refractivity contribution in [3.8, 4) is 11.5 Å². The lowest BCUT2D eigenvalue weighted by Crippen LogP contribution is -2.54. The number of nitrogens with one attached hydrogen (secondary N) is 1. The third-order valence-electron chi connectivity index (χ3n) is 7.85. The van der Waals surface area contributed by atoms with Crippen molar-refractivity contribution in [3.05, 3.63) is 84.4 Å². The molecule has 0 saturated heterocycles. The number of hydrogen-bond donors (Lipinski definition) is 1. The number of carbonyl (C=O) groups is 2. The molecule has 2 amide bonds. The van der Waals surface area contributed by atoms with Gasteiger partial charge < -0.3 is 19.7 Å². The van der Waals surface area contributed by atoms with Crippen LogP contribution in [0.15, 0.2) is 83.8 Å². The van der Waals surface area contributed by atoms with Crippen LogP contribution in [-0.4, -0.2) is 64.5 Å². The SMILES string of the molecule is CC[C@H](C(=O)NC1CCCC1)N(CCc1ccccc1)C(=O)CN(c1ccccc1OC)S(=O)(=O)c1ccc(OC)cc1. The van der Waals surface area contributed by atoms with Crippen molar-refractivity contribution in [2.45, 2.75) is 62.4 Å². The summed E-state index contributed by atoms with van der Waals surface area (Å²) >= 11 is 0. The third kappa shape index (κ3) is 7.87. The molecule has 1 aliphatic carbocycles. The second-order valence-corrected chi connectivity index (χ2v) is 12.5. The van der Waals surface area contributed by atoms with E-state index < -0.39 is 28.5 Å². The van der Waals surface area contributed by atoms with E-state index in [0.29, 0.717) is 24.3 Å². The van der Waals surface area contributed by atoms with Crippen molar-refractivity contribution in [1.29, 1.82) is 0 Å². The van der Waals surface area contributed by atoms with Crippen LogP contribution in [0.3, 0.4) is 0 Å². The second-order valence-electron chi connectivity index (χ2n) is 10.6. The summed E-state index contributed by atoms with van der Waals surface area (Å²) in [6.07, 6.45) is 4.87. The van der Waals surface area contributed by atoms with Gasteiger partial charge in [-0.05, 0) is 67.6 Å². The van der Waals surface area contributed by atoms with Crippen LogP contribution in [0.4, 0.5) is 5.69 Å². The number of para-hydroxylation sites is 2. The smallest absolute Gasteiger partial charge is 0.264 e. The van der Waals surface area contributed by atoms with Gasteiger partial charge in [0.1, 0.15) is 24.1 Å². The standard InChI is InChI=1S/C33H41N3O6S/c1-4-29(33(38)34-26-14-8-9-15-26)35(23-22-25-12-6-5-7-13-25)32(37)24-36(30-16-10-11-17-31(30)42-3)43(39,40)28-20-18-27(41-2)19-21-28/h5-7,10-13,16-21,26,29H,4,8-9,14-15,22-24H2,1-3H3,(H,34,38)/t29-/m1/s1. The molecule has 9 nitrogen and oxygen atoms in total. The van der Waals surface area contributed by atoms with E-state index in [1.165, 1.54) is 31.3 Å². The summed E-state index contributed by atoms with van der Waals surface area (Å²) in [5.41, 5.74) is 1.24. The molecule has 1 aliphatic rings. The lowest BCUT2D eigenvalue weighted by Gasteiger charge is -2.34. The Bertz CT molecular complexity index is 1460. The number of nitrogens with zero attached hydrogens (tertiary/aromatic N) is 2. The molecule has 3 aromatic rings. The topological polar surface area (TPSA) is 105 Å². The molecule has 0 heterocycles. The van der Waals surface area contributed by atoms with Crippen molar-refractivity contribution < 1.29 is 27.5 Å². The molecular formula is C33H41N3O6S. The molecule has 230 valence electrons. The first-order valence-corrected chi connectivity index (χ1v) is 16.2. The normalized spacial score (nSPS) is 14.1. The summed E-state index contributed by atoms with van der Waals surface area (Å²) in [7, 11) is -1.28. The van der Waals surface area contributed by atoms with Crippen LogP contribution in [0.1, 0.15) is 44.6 Å². The summed E-state index contributed by atoms with van der Waals surface area (Å²) in [6, 6.07) is 21.7. The number of sulfonamides is 1. The first-order valence-electron chi connectivity index (χ1n) is 14.7. The van der Waals surface area contributed by atoms with E-state index in [-0.39, 0.29) is 29.1 Å². The van der Waals surface area contributed by atoms with E-state index in [1.807, 2.05) is 37.3 Å². The average Bonchev–Trinajstić information content (AvgIpc) is 3.55. The molecule has 0 aliphatic heterocycles. The van der Waals surface area contributed by atoms with Crippen LogP contribution < -0.4 is 19.1 Å². The minimum Gasteiger partial charge on any atom is -0.497 e. The Morgan fingerprint density at radius 3 is 2.19 bits per heavy atom. The molecule has 43 heavy (non-hydrogen) atoms. The largest absolute Gasteiger partial charge is 0.497 e. The minimum absolute atomic E-state index is 0.00569. The first kappa shape index (κ1) is 31.9. The van der Waals surface area contributed by atoms with E-state index >= 15 is 0 Å². The quantitative estimate of drug-likeness (QED) is 0.282. The molecule has 3 aromatic carbocycles. The summed E-state index contributed by atoms with van der Waals surface area (Å²) in [4.78, 5) is 29.3. The average molecular weight is 608 g/mol. The minimum atomic E-state index is -4.23. The van der Waals surface area contributed by atoms with Gasteiger partial charge in [0.2, 0.25) is 11.8 Å². The van der Waals surface area contributed by atoms with Crippen LogP contribution in [0.25, 0.3) is 0 Å². The highest BCUT2D eigenvalue weighted by atomic mass is 32.2. The zero-order valence-corrected chi connectivity index (χ0v) is 25.9. The summed E-state index contributed by atoms with van der Waals surface area (Å²) < 4.78 is 40.0. The van der Waals surface area contributed by atoms with Gasteiger partial charge in [-0.3, -0.25) is 13.9 Å². The van der Waals surface area contributed by atoms with E-state index in [4.69, 9.17) is 9.47 Å². The van der Waals surface area contributed by atoms with Crippen molar-refractivity contribution >= 4 is 27.5 Å². The van der Waals surface area contributed by atoms with Crippen molar-refractivity contribution in [2.75, 3.05) is 31.6 Å². The molecule has 10 heteroatoms. The van der Waals surface area contributed by atoms with E-state index in [0.717, 1.165) is 35.6 Å². The maximum atomic E-state index is 14.2. The molecular weight excluding hydrogens is 566 g/mol. The molecule has 1 saturated carbocycles. The predicted octanol–water partition coefficient (Wildman–Crippen LogP) is 4.81. The van der Waals surface area contributed by atoms with Crippen LogP contribution in [0, 0.1) is 0 Å². The Labute approximate surface area is 254 Å². The highest BCUT2D eigenvalue weighted by Crippen LogP contribution is 2.33. The molecule has 0 bridgehead atoms. The maximum absolute atomic E-state index is 14.2. The fraction of sp³-hybridized carbons (Fsp3) is 0.394. The van der Waals surface area contributed by atoms with Crippen LogP contribution >= 0.6 is 0 Å². The molecule has 1 atom stereocenters. The number of anilines is 1. The monoisotopic (exact) mass is 607 g/mol. The van der Waals surface area contributed by atoms with E-state index in [2.05, 4.69) is 5.32 Å². The Kier molecular flexibility index (Phi) is 11.1. The molecule has 1 N–H and O–H groups in total. The Morgan fingerprint density at radius 1 is 0.907 bits per heavy atom. The number of benzene rings is 3. The molecule has 0 aromatic heterocycles. The highest BCUT2D eigenvalue weighted by Gasteiger charge is 2.35. The molecule has 4 rings (SSSR count). The van der Waals surface area contributed by atoms with Crippen molar-refractivity contribution in [2.24, 2.45) is 0 Å². The van der Waals surface area contributed by atoms with Crippen molar-refractivity contribution in [3.63, 3.8) is 0 Å². The van der Waals surface area contributed by atoms with Crippen molar-refractivity contribution in [1.82, 2.24) is 10.2 Å². The Balaban J connectivity index is 1.70. The number of hydrogen-bond acceptors (Lipinski definition) is 6. The third-order valence-corrected chi connectivity index (χ3v) is 9.63. The summed E-state index contributed by atoms with van der Waals surface area (Å²) in [5.74, 6) is 0.115. The van der Waals surface area contributed by atoms with Gasteiger partial charge in [0.05, 0.1) is 24.8 Å². The van der Waals surface area contributed by atoms with Crippen LogP contribution in [0.2, 0.25) is 0 Å². The van der Waals surface area contributed by atoms with Gasteiger partial charge in [-0.25, -0.2) is 8.42 Å². The highest BCUT2D eigenvalue weighted by molar-refractivity contribution is 7.92. The van der Waals surface area contributed by atoms with E-state index in [9.17, 15) is 18.0 Å². The number of ether oxygens (including phenoxy) is 2. The number of rotatable bonds is 14. The summed E-state index contributed by atoms with van der Waals surface area (Å²) in [5, 5.41) is 3.14. The first-order chi connectivity index (χ1) is 20.8. The van der Waals surface area contributed by atoms with Gasteiger partial charge in [-0.15, -0.1) is 0 Å². The van der Waals surface area contributed by atoms with Gasteiger partial charge in [0, 0.05) is 12.6 Å². The number of methoxy groups -OCH3 is 2. The fourth-order valence-electron chi connectivity index (χ4n) is 5.49. The Hall–Kier alpha value is -4.05. The molecule has 0 unspecified atom stereocenters. The van der Waals surface area contributed by atoms with E-state index in [1.54, 1.807) is 36.4 Å². The zero-order chi connectivity index (χ0) is 30.8. The molecule has 1 fully saturated rings. The van der Waals surface area contributed by atoms with Crippen LogP contribution in [0.5, 0.6) is 11.5 Å². The van der Waals surface area contributed by atoms with Gasteiger partial charge in [0.15, 0.2) is 0 Å². The lowest BCUT2D eigenvalue weighted by molar-refractivity contribution is -0.139. The van der Waals surface area contributed by atoms with Crippen LogP contribution in [-0.2, 0) is 26.0 Å². The van der Waals surface area contributed by atoms with Gasteiger partial charge >= 0.3 is 0 Å². The maximum Gasteiger partial charge on any atom is 0.264 e.